The molecule has 1 unspecified atom stereocenters. The van der Waals surface area contributed by atoms with E-state index in [2.05, 4.69) is 19.2 Å². The Labute approximate surface area is 96.3 Å². The van der Waals surface area contributed by atoms with Gasteiger partial charge in [0.15, 0.2) is 0 Å². The quantitative estimate of drug-likeness (QED) is 0.750. The zero-order chi connectivity index (χ0) is 11.5. The molecule has 1 saturated heterocycles. The van der Waals surface area contributed by atoms with Crippen molar-refractivity contribution < 1.29 is 9.53 Å². The fourth-order valence-electron chi connectivity index (χ4n) is 2.27. The zero-order valence-electron chi connectivity index (χ0n) is 10.1. The van der Waals surface area contributed by atoms with Crippen LogP contribution >= 0.6 is 11.8 Å². The molecule has 0 radical (unpaired) electrons. The first kappa shape index (κ1) is 12.8. The zero-order valence-corrected chi connectivity index (χ0v) is 10.9. The Hall–Kier alpha value is -0.220. The van der Waals surface area contributed by atoms with Gasteiger partial charge >= 0.3 is 5.97 Å². The fraction of sp³-hybridized carbons (Fsp3) is 0.909. The molecule has 0 aromatic heterocycles. The van der Waals surface area contributed by atoms with Crippen LogP contribution in [0.3, 0.4) is 0 Å². The molecule has 1 fully saturated rings. The van der Waals surface area contributed by atoms with Gasteiger partial charge < -0.3 is 10.1 Å². The summed E-state index contributed by atoms with van der Waals surface area (Å²) in [5.41, 5.74) is -0.283. The van der Waals surface area contributed by atoms with Crippen LogP contribution in [0.15, 0.2) is 0 Å². The van der Waals surface area contributed by atoms with Gasteiger partial charge in [0.25, 0.3) is 0 Å². The smallest absolute Gasteiger partial charge is 0.326 e. The summed E-state index contributed by atoms with van der Waals surface area (Å²) in [7, 11) is 1.47. The highest BCUT2D eigenvalue weighted by molar-refractivity contribution is 7.99. The number of nitrogens with one attached hydrogen (secondary N) is 1. The van der Waals surface area contributed by atoms with Gasteiger partial charge in [-0.05, 0) is 24.1 Å². The summed E-state index contributed by atoms with van der Waals surface area (Å²) >= 11 is 1.83. The third-order valence-electron chi connectivity index (χ3n) is 2.71. The Kier molecular flexibility index (Phi) is 4.06. The molecular weight excluding hydrogens is 210 g/mol. The molecule has 1 atom stereocenters. The number of ether oxygens (including phenoxy) is 1. The number of methoxy groups -OCH3 is 1. The van der Waals surface area contributed by atoms with E-state index in [4.69, 9.17) is 4.74 Å². The molecule has 0 spiro atoms. The Morgan fingerprint density at radius 3 is 2.60 bits per heavy atom. The molecular formula is C11H21NO2S. The normalized spacial score (nSPS) is 29.9. The molecule has 15 heavy (non-hydrogen) atoms. The standard InChI is InChI=1S/C11H21NO2S/c1-5-12-11(9(13)14-4)6-10(2,3)7-15-8-11/h12H,5-8H2,1-4H3. The molecule has 1 heterocycles. The van der Waals surface area contributed by atoms with Crippen LogP contribution in [0, 0.1) is 5.41 Å². The number of rotatable bonds is 3. The van der Waals surface area contributed by atoms with Crippen molar-refractivity contribution in [3.8, 4) is 0 Å². The van der Waals surface area contributed by atoms with Crippen molar-refractivity contribution in [2.45, 2.75) is 32.7 Å². The van der Waals surface area contributed by atoms with E-state index in [1.807, 2.05) is 18.7 Å². The second-order valence-corrected chi connectivity index (χ2v) is 5.92. The van der Waals surface area contributed by atoms with Crippen LogP contribution in [-0.4, -0.2) is 36.7 Å². The Morgan fingerprint density at radius 2 is 2.13 bits per heavy atom. The van der Waals surface area contributed by atoms with E-state index >= 15 is 0 Å². The van der Waals surface area contributed by atoms with Gasteiger partial charge in [-0.1, -0.05) is 20.8 Å². The van der Waals surface area contributed by atoms with Gasteiger partial charge in [-0.2, -0.15) is 11.8 Å². The van der Waals surface area contributed by atoms with Crippen molar-refractivity contribution >= 4 is 17.7 Å². The monoisotopic (exact) mass is 231 g/mol. The molecule has 1 aliphatic rings. The highest BCUT2D eigenvalue weighted by atomic mass is 32.2. The Balaban J connectivity index is 2.85. The summed E-state index contributed by atoms with van der Waals surface area (Å²) < 4.78 is 4.92. The second kappa shape index (κ2) is 4.74. The highest BCUT2D eigenvalue weighted by Crippen LogP contribution is 2.39. The fourth-order valence-corrected chi connectivity index (χ4v) is 3.70. The highest BCUT2D eigenvalue weighted by Gasteiger charge is 2.46. The number of hydrogen-bond acceptors (Lipinski definition) is 4. The van der Waals surface area contributed by atoms with Crippen LogP contribution in [0.4, 0.5) is 0 Å². The summed E-state index contributed by atoms with van der Waals surface area (Å²) in [4.78, 5) is 11.9. The summed E-state index contributed by atoms with van der Waals surface area (Å²) in [6.07, 6.45) is 0.855. The van der Waals surface area contributed by atoms with Crippen molar-refractivity contribution in [1.29, 1.82) is 0 Å². The van der Waals surface area contributed by atoms with Gasteiger partial charge in [-0.25, -0.2) is 0 Å². The minimum absolute atomic E-state index is 0.121. The molecule has 88 valence electrons. The van der Waals surface area contributed by atoms with Crippen LogP contribution in [0.25, 0.3) is 0 Å². The lowest BCUT2D eigenvalue weighted by atomic mass is 9.79. The van der Waals surface area contributed by atoms with Gasteiger partial charge in [0, 0.05) is 5.75 Å². The lowest BCUT2D eigenvalue weighted by Crippen LogP contribution is -2.59. The molecule has 1 rings (SSSR count). The number of likely N-dealkylation sites (N-methyl/N-ethyl adjacent to an activating group) is 1. The van der Waals surface area contributed by atoms with E-state index in [1.54, 1.807) is 0 Å². The van der Waals surface area contributed by atoms with E-state index < -0.39 is 5.54 Å². The average molecular weight is 231 g/mol. The van der Waals surface area contributed by atoms with Crippen LogP contribution in [0.5, 0.6) is 0 Å². The molecule has 0 aromatic carbocycles. The molecule has 0 bridgehead atoms. The number of thioether (sulfide) groups is 1. The van der Waals surface area contributed by atoms with Crippen molar-refractivity contribution in [3.05, 3.63) is 0 Å². The van der Waals surface area contributed by atoms with Crippen molar-refractivity contribution in [2.24, 2.45) is 5.41 Å². The number of esters is 1. The van der Waals surface area contributed by atoms with E-state index in [9.17, 15) is 4.79 Å². The lowest BCUT2D eigenvalue weighted by molar-refractivity contribution is -0.149. The number of hydrogen-bond donors (Lipinski definition) is 1. The van der Waals surface area contributed by atoms with Crippen molar-refractivity contribution in [3.63, 3.8) is 0 Å². The first-order valence-electron chi connectivity index (χ1n) is 5.37. The maximum atomic E-state index is 11.9. The van der Waals surface area contributed by atoms with Crippen molar-refractivity contribution in [2.75, 3.05) is 25.2 Å². The first-order valence-corrected chi connectivity index (χ1v) is 6.52. The average Bonchev–Trinajstić information content (AvgIpc) is 2.15. The van der Waals surface area contributed by atoms with Gasteiger partial charge in [-0.3, -0.25) is 4.79 Å². The van der Waals surface area contributed by atoms with Gasteiger partial charge in [0.1, 0.15) is 5.54 Å². The third-order valence-corrected chi connectivity index (χ3v) is 4.40. The predicted molar refractivity (Wildman–Crippen MR) is 64.1 cm³/mol. The van der Waals surface area contributed by atoms with Crippen LogP contribution in [-0.2, 0) is 9.53 Å². The van der Waals surface area contributed by atoms with Crippen LogP contribution in [0.1, 0.15) is 27.2 Å². The topological polar surface area (TPSA) is 38.3 Å². The summed E-state index contributed by atoms with van der Waals surface area (Å²) in [5.74, 6) is 1.80. The van der Waals surface area contributed by atoms with E-state index in [0.29, 0.717) is 0 Å². The maximum absolute atomic E-state index is 11.9. The van der Waals surface area contributed by atoms with E-state index in [1.165, 1.54) is 7.11 Å². The van der Waals surface area contributed by atoms with Gasteiger partial charge in [0.05, 0.1) is 7.11 Å². The largest absolute Gasteiger partial charge is 0.468 e. The molecule has 0 amide bonds. The van der Waals surface area contributed by atoms with E-state index in [-0.39, 0.29) is 11.4 Å². The lowest BCUT2D eigenvalue weighted by Gasteiger charge is -2.42. The summed E-state index contributed by atoms with van der Waals surface area (Å²) in [6.45, 7) is 7.23. The number of carbonyl (C=O) groups excluding carboxylic acids is 1. The maximum Gasteiger partial charge on any atom is 0.326 e. The summed E-state index contributed by atoms with van der Waals surface area (Å²) in [6, 6.07) is 0. The van der Waals surface area contributed by atoms with Crippen LogP contribution in [0.2, 0.25) is 0 Å². The molecule has 0 saturated carbocycles. The minimum Gasteiger partial charge on any atom is -0.468 e. The minimum atomic E-state index is -0.476. The van der Waals surface area contributed by atoms with Crippen molar-refractivity contribution in [1.82, 2.24) is 5.32 Å². The van der Waals surface area contributed by atoms with Gasteiger partial charge in [0.2, 0.25) is 0 Å². The molecule has 4 heteroatoms. The van der Waals surface area contributed by atoms with E-state index in [0.717, 1.165) is 24.5 Å². The Bertz CT molecular complexity index is 239. The predicted octanol–water partition coefficient (Wildman–Crippen LogP) is 1.67. The third kappa shape index (κ3) is 2.88. The molecule has 3 nitrogen and oxygen atoms in total. The second-order valence-electron chi connectivity index (χ2n) is 4.94. The SMILES string of the molecule is CCNC1(C(=O)OC)CSCC(C)(C)C1. The van der Waals surface area contributed by atoms with Crippen LogP contribution < -0.4 is 5.32 Å². The molecule has 1 N–H and O–H groups in total. The molecule has 0 aromatic rings. The first-order chi connectivity index (χ1) is 6.96. The molecule has 0 aliphatic carbocycles. The van der Waals surface area contributed by atoms with Gasteiger partial charge in [-0.15, -0.1) is 0 Å². The summed E-state index contributed by atoms with van der Waals surface area (Å²) in [5, 5.41) is 3.31. The number of carbonyl (C=O) groups is 1. The molecule has 1 aliphatic heterocycles. The Morgan fingerprint density at radius 1 is 1.47 bits per heavy atom.